The first-order chi connectivity index (χ1) is 10.4. The summed E-state index contributed by atoms with van der Waals surface area (Å²) in [5.74, 6) is -1.87. The molecule has 1 aromatic carbocycles. The fourth-order valence-electron chi connectivity index (χ4n) is 2.52. The van der Waals surface area contributed by atoms with Crippen LogP contribution in [0.1, 0.15) is 36.2 Å². The van der Waals surface area contributed by atoms with E-state index in [1.807, 2.05) is 19.1 Å². The van der Waals surface area contributed by atoms with E-state index in [1.165, 1.54) is 4.90 Å². The second-order valence-electron chi connectivity index (χ2n) is 5.59. The van der Waals surface area contributed by atoms with E-state index in [0.29, 0.717) is 18.5 Å². The van der Waals surface area contributed by atoms with Gasteiger partial charge in [-0.1, -0.05) is 38.5 Å². The number of fused-ring (bicyclic) bond motifs is 1. The summed E-state index contributed by atoms with van der Waals surface area (Å²) in [6.45, 7) is 3.89. The van der Waals surface area contributed by atoms with Crippen molar-refractivity contribution in [2.45, 2.75) is 32.9 Å². The number of amides is 2. The Morgan fingerprint density at radius 1 is 1.36 bits per heavy atom. The lowest BCUT2D eigenvalue weighted by molar-refractivity contribution is -0.143. The van der Waals surface area contributed by atoms with Gasteiger partial charge in [0.15, 0.2) is 0 Å². The highest BCUT2D eigenvalue weighted by molar-refractivity contribution is 6.00. The third-order valence-corrected chi connectivity index (χ3v) is 4.03. The Labute approximate surface area is 129 Å². The van der Waals surface area contributed by atoms with Crippen molar-refractivity contribution in [3.05, 3.63) is 35.4 Å². The number of benzene rings is 1. The molecule has 0 saturated heterocycles. The predicted molar refractivity (Wildman–Crippen MR) is 80.2 cm³/mol. The molecule has 2 atom stereocenters. The van der Waals surface area contributed by atoms with Crippen molar-refractivity contribution in [2.75, 3.05) is 6.54 Å². The van der Waals surface area contributed by atoms with Crippen LogP contribution in [0.2, 0.25) is 0 Å². The predicted octanol–water partition coefficient (Wildman–Crippen LogP) is 1.26. The molecule has 1 aliphatic rings. The summed E-state index contributed by atoms with van der Waals surface area (Å²) in [5.41, 5.74) is 1.49. The first kappa shape index (κ1) is 16.0. The van der Waals surface area contributed by atoms with E-state index < -0.39 is 17.9 Å². The van der Waals surface area contributed by atoms with Crippen molar-refractivity contribution in [3.8, 4) is 0 Å². The van der Waals surface area contributed by atoms with Gasteiger partial charge in [-0.25, -0.2) is 4.79 Å². The minimum atomic E-state index is -1.06. The summed E-state index contributed by atoms with van der Waals surface area (Å²) < 4.78 is 0. The minimum absolute atomic E-state index is 0.131. The summed E-state index contributed by atoms with van der Waals surface area (Å²) in [6.07, 6.45) is 0.644. The number of hydrogen-bond acceptors (Lipinski definition) is 3. The standard InChI is InChI=1S/C16H20N2O4/c1-3-10(2)14(16(21)22)17-13(19)9-18-8-11-6-4-5-7-12(11)15(18)20/h4-7,10,14H,3,8-9H2,1-2H3,(H,17,19)(H,21,22). The Balaban J connectivity index is 1.99. The van der Waals surface area contributed by atoms with Crippen LogP contribution in [-0.4, -0.2) is 40.4 Å². The van der Waals surface area contributed by atoms with E-state index in [0.717, 1.165) is 5.56 Å². The summed E-state index contributed by atoms with van der Waals surface area (Å²) >= 11 is 0. The molecule has 0 bridgehead atoms. The Hall–Kier alpha value is -2.37. The molecule has 0 aromatic heterocycles. The molecule has 118 valence electrons. The summed E-state index contributed by atoms with van der Waals surface area (Å²) in [4.78, 5) is 36.9. The summed E-state index contributed by atoms with van der Waals surface area (Å²) in [7, 11) is 0. The molecule has 1 aromatic rings. The van der Waals surface area contributed by atoms with E-state index >= 15 is 0 Å². The lowest BCUT2D eigenvalue weighted by atomic mass is 9.99. The zero-order chi connectivity index (χ0) is 16.3. The van der Waals surface area contributed by atoms with Crippen LogP contribution in [0, 0.1) is 5.92 Å². The van der Waals surface area contributed by atoms with Gasteiger partial charge < -0.3 is 15.3 Å². The number of carbonyl (C=O) groups excluding carboxylic acids is 2. The summed E-state index contributed by atoms with van der Waals surface area (Å²) in [6, 6.07) is 6.28. The third-order valence-electron chi connectivity index (χ3n) is 4.03. The number of carboxylic acids is 1. The second kappa shape index (κ2) is 6.60. The quantitative estimate of drug-likeness (QED) is 0.828. The molecule has 1 heterocycles. The van der Waals surface area contributed by atoms with Crippen LogP contribution in [-0.2, 0) is 16.1 Å². The fourth-order valence-corrected chi connectivity index (χ4v) is 2.52. The number of carbonyl (C=O) groups is 3. The SMILES string of the molecule is CCC(C)C(NC(=O)CN1Cc2ccccc2C1=O)C(=O)O. The van der Waals surface area contributed by atoms with Crippen molar-refractivity contribution >= 4 is 17.8 Å². The number of nitrogens with zero attached hydrogens (tertiary/aromatic N) is 1. The maximum atomic E-state index is 12.2. The molecule has 6 heteroatoms. The first-order valence-electron chi connectivity index (χ1n) is 7.33. The highest BCUT2D eigenvalue weighted by Gasteiger charge is 2.30. The van der Waals surface area contributed by atoms with Crippen LogP contribution in [0.3, 0.4) is 0 Å². The van der Waals surface area contributed by atoms with Gasteiger partial charge in [0, 0.05) is 12.1 Å². The number of aliphatic carboxylic acids is 1. The molecule has 2 rings (SSSR count). The number of hydrogen-bond donors (Lipinski definition) is 2. The van der Waals surface area contributed by atoms with Crippen LogP contribution in [0.5, 0.6) is 0 Å². The zero-order valence-corrected chi connectivity index (χ0v) is 12.7. The van der Waals surface area contributed by atoms with Crippen molar-refractivity contribution in [3.63, 3.8) is 0 Å². The normalized spacial score (nSPS) is 16.1. The highest BCUT2D eigenvalue weighted by Crippen LogP contribution is 2.21. The number of nitrogens with one attached hydrogen (secondary N) is 1. The molecular formula is C16H20N2O4. The van der Waals surface area contributed by atoms with Crippen molar-refractivity contribution < 1.29 is 19.5 Å². The van der Waals surface area contributed by atoms with Gasteiger partial charge in [0.05, 0.1) is 0 Å². The third kappa shape index (κ3) is 3.27. The van der Waals surface area contributed by atoms with Gasteiger partial charge in [0.2, 0.25) is 5.91 Å². The Morgan fingerprint density at radius 3 is 2.64 bits per heavy atom. The highest BCUT2D eigenvalue weighted by atomic mass is 16.4. The van der Waals surface area contributed by atoms with E-state index in [4.69, 9.17) is 0 Å². The minimum Gasteiger partial charge on any atom is -0.480 e. The monoisotopic (exact) mass is 304 g/mol. The average Bonchev–Trinajstić information content (AvgIpc) is 2.80. The molecule has 2 amide bonds. The zero-order valence-electron chi connectivity index (χ0n) is 12.7. The second-order valence-corrected chi connectivity index (χ2v) is 5.59. The maximum Gasteiger partial charge on any atom is 0.326 e. The van der Waals surface area contributed by atoms with E-state index in [2.05, 4.69) is 5.32 Å². The molecule has 0 aliphatic carbocycles. The lowest BCUT2D eigenvalue weighted by Crippen LogP contribution is -2.48. The molecule has 2 unspecified atom stereocenters. The average molecular weight is 304 g/mol. The molecule has 0 saturated carbocycles. The molecule has 1 aliphatic heterocycles. The van der Waals surface area contributed by atoms with Crippen molar-refractivity contribution in [2.24, 2.45) is 5.92 Å². The molecule has 6 nitrogen and oxygen atoms in total. The Kier molecular flexibility index (Phi) is 4.80. The van der Waals surface area contributed by atoms with Gasteiger partial charge in [-0.15, -0.1) is 0 Å². The molecule has 22 heavy (non-hydrogen) atoms. The van der Waals surface area contributed by atoms with Crippen molar-refractivity contribution in [1.82, 2.24) is 10.2 Å². The van der Waals surface area contributed by atoms with E-state index in [1.54, 1.807) is 19.1 Å². The summed E-state index contributed by atoms with van der Waals surface area (Å²) in [5, 5.41) is 11.7. The van der Waals surface area contributed by atoms with Crippen LogP contribution in [0.15, 0.2) is 24.3 Å². The van der Waals surface area contributed by atoms with Gasteiger partial charge in [0.1, 0.15) is 12.6 Å². The van der Waals surface area contributed by atoms with Gasteiger partial charge >= 0.3 is 5.97 Å². The van der Waals surface area contributed by atoms with Crippen LogP contribution in [0.4, 0.5) is 0 Å². The van der Waals surface area contributed by atoms with Crippen LogP contribution < -0.4 is 5.32 Å². The molecular weight excluding hydrogens is 284 g/mol. The lowest BCUT2D eigenvalue weighted by Gasteiger charge is -2.22. The topological polar surface area (TPSA) is 86.7 Å². The largest absolute Gasteiger partial charge is 0.480 e. The van der Waals surface area contributed by atoms with Gasteiger partial charge in [-0.3, -0.25) is 9.59 Å². The molecule has 2 N–H and O–H groups in total. The van der Waals surface area contributed by atoms with Crippen LogP contribution >= 0.6 is 0 Å². The number of carboxylic acid groups (broad SMARTS) is 1. The van der Waals surface area contributed by atoms with Gasteiger partial charge in [0.25, 0.3) is 5.91 Å². The molecule has 0 spiro atoms. The Morgan fingerprint density at radius 2 is 2.05 bits per heavy atom. The maximum absolute atomic E-state index is 12.2. The smallest absolute Gasteiger partial charge is 0.326 e. The molecule has 0 radical (unpaired) electrons. The Bertz CT molecular complexity index is 600. The number of rotatable bonds is 6. The van der Waals surface area contributed by atoms with E-state index in [9.17, 15) is 19.5 Å². The molecule has 0 fully saturated rings. The van der Waals surface area contributed by atoms with Crippen molar-refractivity contribution in [1.29, 1.82) is 0 Å². The van der Waals surface area contributed by atoms with E-state index in [-0.39, 0.29) is 18.4 Å². The first-order valence-corrected chi connectivity index (χ1v) is 7.33. The van der Waals surface area contributed by atoms with Gasteiger partial charge in [-0.05, 0) is 17.5 Å². The fraction of sp³-hybridized carbons (Fsp3) is 0.438. The van der Waals surface area contributed by atoms with Crippen LogP contribution in [0.25, 0.3) is 0 Å². The van der Waals surface area contributed by atoms with Gasteiger partial charge in [-0.2, -0.15) is 0 Å².